The van der Waals surface area contributed by atoms with Gasteiger partial charge in [-0.15, -0.1) is 0 Å². The lowest BCUT2D eigenvalue weighted by molar-refractivity contribution is -0.159. The minimum atomic E-state index is -1.73. The molecule has 0 aliphatic carbocycles. The Morgan fingerprint density at radius 3 is 2.26 bits per heavy atom. The van der Waals surface area contributed by atoms with Crippen LogP contribution in [0.4, 0.5) is 0 Å². The number of rotatable bonds is 3. The van der Waals surface area contributed by atoms with Crippen molar-refractivity contribution in [1.82, 2.24) is 0 Å². The van der Waals surface area contributed by atoms with Gasteiger partial charge in [0.2, 0.25) is 5.60 Å². The van der Waals surface area contributed by atoms with Gasteiger partial charge in [0, 0.05) is 0 Å². The summed E-state index contributed by atoms with van der Waals surface area (Å²) >= 11 is 0. The number of carbonyl (C=O) groups is 3. The number of ether oxygens (including phenoxy) is 4. The number of hydrogen-bond donors (Lipinski definition) is 0. The topological polar surface area (TPSA) is 88.1 Å². The minimum absolute atomic E-state index is 0.0396. The van der Waals surface area contributed by atoms with E-state index in [1.165, 1.54) is 19.3 Å². The van der Waals surface area contributed by atoms with Crippen molar-refractivity contribution in [2.45, 2.75) is 11.7 Å². The van der Waals surface area contributed by atoms with Crippen molar-refractivity contribution in [2.24, 2.45) is 0 Å². The average Bonchev–Trinajstić information content (AvgIpc) is 3.01. The first-order valence-corrected chi connectivity index (χ1v) is 5.38. The first-order chi connectivity index (χ1) is 9.01. The van der Waals surface area contributed by atoms with E-state index in [9.17, 15) is 14.4 Å². The summed E-state index contributed by atoms with van der Waals surface area (Å²) in [7, 11) is 3.47. The van der Waals surface area contributed by atoms with Crippen molar-refractivity contribution in [3.8, 4) is 0 Å². The maximum absolute atomic E-state index is 11.9. The molecule has 0 aromatic rings. The molecule has 2 rings (SSSR count). The number of esters is 3. The summed E-state index contributed by atoms with van der Waals surface area (Å²) in [5, 5.41) is 0. The Morgan fingerprint density at radius 1 is 1.11 bits per heavy atom. The van der Waals surface area contributed by atoms with Gasteiger partial charge in [-0.1, -0.05) is 6.08 Å². The standard InChI is InChI=1S/C12H12O7/c1-16-9(13)7-6-4-5-12(19-6,11(15)18-3)8(7)10(14)17-2/h4-6H,1-3H3. The van der Waals surface area contributed by atoms with E-state index in [1.54, 1.807) is 0 Å². The smallest absolute Gasteiger partial charge is 0.347 e. The molecule has 7 nitrogen and oxygen atoms in total. The average molecular weight is 268 g/mol. The molecule has 0 amide bonds. The molecular weight excluding hydrogens is 256 g/mol. The molecule has 7 heteroatoms. The van der Waals surface area contributed by atoms with Crippen LogP contribution in [0, 0.1) is 0 Å². The van der Waals surface area contributed by atoms with Crippen molar-refractivity contribution in [1.29, 1.82) is 0 Å². The zero-order valence-electron chi connectivity index (χ0n) is 10.6. The molecule has 0 saturated carbocycles. The maximum atomic E-state index is 11.9. The highest BCUT2D eigenvalue weighted by atomic mass is 16.6. The predicted octanol–water partition coefficient (Wildman–Crippen LogP) is -0.491. The summed E-state index contributed by atoms with van der Waals surface area (Å²) in [6, 6.07) is 0. The van der Waals surface area contributed by atoms with E-state index in [-0.39, 0.29) is 11.1 Å². The molecule has 0 spiro atoms. The highest BCUT2D eigenvalue weighted by molar-refractivity contribution is 6.11. The summed E-state index contributed by atoms with van der Waals surface area (Å²) in [6.07, 6.45) is 2.05. The van der Waals surface area contributed by atoms with Crippen molar-refractivity contribution in [3.63, 3.8) is 0 Å². The highest BCUT2D eigenvalue weighted by Crippen LogP contribution is 2.44. The van der Waals surface area contributed by atoms with E-state index in [0.29, 0.717) is 0 Å². The molecule has 2 atom stereocenters. The monoisotopic (exact) mass is 268 g/mol. The Labute approximate surface area is 108 Å². The van der Waals surface area contributed by atoms with Crippen molar-refractivity contribution >= 4 is 17.9 Å². The molecule has 0 aromatic carbocycles. The quantitative estimate of drug-likeness (QED) is 0.387. The largest absolute Gasteiger partial charge is 0.466 e. The predicted molar refractivity (Wildman–Crippen MR) is 59.8 cm³/mol. The Morgan fingerprint density at radius 2 is 1.74 bits per heavy atom. The lowest BCUT2D eigenvalue weighted by Gasteiger charge is -2.21. The van der Waals surface area contributed by atoms with Gasteiger partial charge in [-0.05, 0) is 6.08 Å². The van der Waals surface area contributed by atoms with Crippen LogP contribution in [-0.4, -0.2) is 50.9 Å². The van der Waals surface area contributed by atoms with Crippen LogP contribution in [0.1, 0.15) is 0 Å². The maximum Gasteiger partial charge on any atom is 0.347 e. The van der Waals surface area contributed by atoms with E-state index in [0.717, 1.165) is 14.2 Å². The number of methoxy groups -OCH3 is 3. The zero-order chi connectivity index (χ0) is 14.2. The fourth-order valence-electron chi connectivity index (χ4n) is 2.20. The van der Waals surface area contributed by atoms with E-state index < -0.39 is 29.6 Å². The summed E-state index contributed by atoms with van der Waals surface area (Å²) in [5.74, 6) is -2.39. The molecular formula is C12H12O7. The fourth-order valence-corrected chi connectivity index (χ4v) is 2.20. The molecule has 102 valence electrons. The lowest BCUT2D eigenvalue weighted by atomic mass is 9.87. The molecule has 0 aromatic heterocycles. The fraction of sp³-hybridized carbons (Fsp3) is 0.417. The van der Waals surface area contributed by atoms with Gasteiger partial charge >= 0.3 is 17.9 Å². The van der Waals surface area contributed by atoms with Crippen LogP contribution < -0.4 is 0 Å². The molecule has 0 radical (unpaired) electrons. The van der Waals surface area contributed by atoms with Crippen LogP contribution in [0.2, 0.25) is 0 Å². The first-order valence-electron chi connectivity index (χ1n) is 5.38. The Kier molecular flexibility index (Phi) is 3.15. The van der Waals surface area contributed by atoms with Crippen molar-refractivity contribution in [3.05, 3.63) is 23.3 Å². The van der Waals surface area contributed by atoms with Gasteiger partial charge in [0.1, 0.15) is 6.10 Å². The van der Waals surface area contributed by atoms with E-state index >= 15 is 0 Å². The van der Waals surface area contributed by atoms with Gasteiger partial charge in [-0.2, -0.15) is 0 Å². The second-order valence-corrected chi connectivity index (χ2v) is 3.90. The zero-order valence-corrected chi connectivity index (χ0v) is 10.6. The second-order valence-electron chi connectivity index (χ2n) is 3.90. The first kappa shape index (κ1) is 13.3. The molecule has 2 aliphatic rings. The number of hydrogen-bond acceptors (Lipinski definition) is 7. The van der Waals surface area contributed by atoms with Crippen LogP contribution in [-0.2, 0) is 33.3 Å². The summed E-state index contributed by atoms with van der Waals surface area (Å²) in [6.45, 7) is 0. The van der Waals surface area contributed by atoms with Crippen LogP contribution in [0.25, 0.3) is 0 Å². The normalized spacial score (nSPS) is 27.4. The third-order valence-corrected chi connectivity index (χ3v) is 3.03. The number of carbonyl (C=O) groups excluding carboxylic acids is 3. The van der Waals surface area contributed by atoms with E-state index in [4.69, 9.17) is 4.74 Å². The van der Waals surface area contributed by atoms with Gasteiger partial charge in [-0.3, -0.25) is 0 Å². The van der Waals surface area contributed by atoms with Crippen LogP contribution in [0.5, 0.6) is 0 Å². The molecule has 0 saturated heterocycles. The summed E-state index contributed by atoms with van der Waals surface area (Å²) in [4.78, 5) is 35.5. The van der Waals surface area contributed by atoms with Gasteiger partial charge in [0.15, 0.2) is 0 Å². The third kappa shape index (κ3) is 1.66. The van der Waals surface area contributed by atoms with Crippen LogP contribution in [0.15, 0.2) is 23.3 Å². The van der Waals surface area contributed by atoms with Crippen molar-refractivity contribution in [2.75, 3.05) is 21.3 Å². The van der Waals surface area contributed by atoms with E-state index in [1.807, 2.05) is 0 Å². The van der Waals surface area contributed by atoms with Crippen molar-refractivity contribution < 1.29 is 33.3 Å². The van der Waals surface area contributed by atoms with Gasteiger partial charge in [-0.25, -0.2) is 14.4 Å². The lowest BCUT2D eigenvalue weighted by Crippen LogP contribution is -2.41. The Balaban J connectivity index is 2.60. The summed E-state index contributed by atoms with van der Waals surface area (Å²) < 4.78 is 19.3. The van der Waals surface area contributed by atoms with Gasteiger partial charge < -0.3 is 18.9 Å². The molecule has 19 heavy (non-hydrogen) atoms. The molecule has 2 bridgehead atoms. The molecule has 2 heterocycles. The van der Waals surface area contributed by atoms with E-state index in [2.05, 4.69) is 14.2 Å². The third-order valence-electron chi connectivity index (χ3n) is 3.03. The Bertz CT molecular complexity index is 516. The minimum Gasteiger partial charge on any atom is -0.466 e. The Hall–Kier alpha value is -2.15. The molecule has 0 fully saturated rings. The van der Waals surface area contributed by atoms with Crippen LogP contribution in [0.3, 0.4) is 0 Å². The molecule has 2 aliphatic heterocycles. The molecule has 2 unspecified atom stereocenters. The van der Waals surface area contributed by atoms with Gasteiger partial charge in [0.25, 0.3) is 0 Å². The van der Waals surface area contributed by atoms with Crippen LogP contribution >= 0.6 is 0 Å². The highest BCUT2D eigenvalue weighted by Gasteiger charge is 2.59. The summed E-state index contributed by atoms with van der Waals surface area (Å²) in [5.41, 5.74) is -1.96. The SMILES string of the molecule is COC(=O)C1=C(C(=O)OC)C2(C(=O)OC)C=CC1O2. The second kappa shape index (κ2) is 4.51. The number of fused-ring (bicyclic) bond motifs is 2. The van der Waals surface area contributed by atoms with Gasteiger partial charge in [0.05, 0.1) is 32.5 Å². The molecule has 0 N–H and O–H groups in total.